The van der Waals surface area contributed by atoms with E-state index < -0.39 is 0 Å². The molecule has 0 aliphatic carbocycles. The van der Waals surface area contributed by atoms with Gasteiger partial charge in [-0.3, -0.25) is 0 Å². The molecular formula is C15H21Br2NO. The molecule has 0 saturated heterocycles. The van der Waals surface area contributed by atoms with E-state index in [4.69, 9.17) is 4.74 Å². The SMILES string of the molecule is C/C=C/COc1c(Br)cc(CNCC(C)C)cc1Br. The Kier molecular flexibility index (Phi) is 7.73. The van der Waals surface area contributed by atoms with E-state index >= 15 is 0 Å². The third kappa shape index (κ3) is 6.11. The number of nitrogens with one attached hydrogen (secondary N) is 1. The number of hydrogen-bond acceptors (Lipinski definition) is 2. The smallest absolute Gasteiger partial charge is 0.148 e. The molecule has 0 amide bonds. The second kappa shape index (κ2) is 8.77. The Morgan fingerprint density at radius 1 is 1.26 bits per heavy atom. The fourth-order valence-corrected chi connectivity index (χ4v) is 3.10. The summed E-state index contributed by atoms with van der Waals surface area (Å²) >= 11 is 7.13. The van der Waals surface area contributed by atoms with E-state index in [1.807, 2.05) is 19.1 Å². The van der Waals surface area contributed by atoms with E-state index in [-0.39, 0.29) is 0 Å². The van der Waals surface area contributed by atoms with Gasteiger partial charge in [0.1, 0.15) is 12.4 Å². The van der Waals surface area contributed by atoms with Crippen LogP contribution in [0.15, 0.2) is 33.2 Å². The highest BCUT2D eigenvalue weighted by Crippen LogP contribution is 2.34. The summed E-state index contributed by atoms with van der Waals surface area (Å²) in [6.45, 7) is 8.86. The number of hydrogen-bond donors (Lipinski definition) is 1. The van der Waals surface area contributed by atoms with E-state index in [0.717, 1.165) is 27.8 Å². The molecule has 106 valence electrons. The Hall–Kier alpha value is -0.320. The monoisotopic (exact) mass is 389 g/mol. The fourth-order valence-electron chi connectivity index (χ4n) is 1.59. The van der Waals surface area contributed by atoms with E-state index in [9.17, 15) is 0 Å². The van der Waals surface area contributed by atoms with E-state index in [0.29, 0.717) is 12.5 Å². The molecular weight excluding hydrogens is 370 g/mol. The van der Waals surface area contributed by atoms with Gasteiger partial charge in [0.2, 0.25) is 0 Å². The summed E-state index contributed by atoms with van der Waals surface area (Å²) in [5, 5.41) is 3.43. The van der Waals surface area contributed by atoms with Gasteiger partial charge in [0.05, 0.1) is 8.95 Å². The maximum atomic E-state index is 5.70. The van der Waals surface area contributed by atoms with E-state index in [1.54, 1.807) is 0 Å². The number of ether oxygens (including phenoxy) is 1. The lowest BCUT2D eigenvalue weighted by Crippen LogP contribution is -2.19. The molecule has 0 aliphatic heterocycles. The van der Waals surface area contributed by atoms with Crippen LogP contribution in [-0.2, 0) is 6.54 Å². The zero-order valence-electron chi connectivity index (χ0n) is 11.7. The molecule has 19 heavy (non-hydrogen) atoms. The highest BCUT2D eigenvalue weighted by Gasteiger charge is 2.08. The molecule has 0 unspecified atom stereocenters. The van der Waals surface area contributed by atoms with Crippen molar-refractivity contribution in [2.75, 3.05) is 13.2 Å². The first-order valence-corrected chi connectivity index (χ1v) is 8.05. The molecule has 0 heterocycles. The average Bonchev–Trinajstić information content (AvgIpc) is 2.32. The number of allylic oxidation sites excluding steroid dienone is 1. The quantitative estimate of drug-likeness (QED) is 0.667. The predicted octanol–water partition coefficient (Wildman–Crippen LogP) is 4.91. The van der Waals surface area contributed by atoms with Gasteiger partial charge in [-0.2, -0.15) is 0 Å². The first-order chi connectivity index (χ1) is 9.04. The summed E-state index contributed by atoms with van der Waals surface area (Å²) in [5.41, 5.74) is 1.23. The standard InChI is InChI=1S/C15H21Br2NO/c1-4-5-6-19-15-13(16)7-12(8-14(15)17)10-18-9-11(2)3/h4-5,7-8,11,18H,6,9-10H2,1-3H3/b5-4+. The molecule has 2 nitrogen and oxygen atoms in total. The van der Waals surface area contributed by atoms with Crippen LogP contribution in [0.2, 0.25) is 0 Å². The molecule has 0 aliphatic rings. The lowest BCUT2D eigenvalue weighted by atomic mass is 10.2. The Labute approximate surface area is 132 Å². The summed E-state index contributed by atoms with van der Waals surface area (Å²) in [4.78, 5) is 0. The molecule has 0 spiro atoms. The lowest BCUT2D eigenvalue weighted by Gasteiger charge is -2.12. The summed E-state index contributed by atoms with van der Waals surface area (Å²) < 4.78 is 7.66. The average molecular weight is 391 g/mol. The van der Waals surface area contributed by atoms with Crippen LogP contribution in [0.4, 0.5) is 0 Å². The van der Waals surface area contributed by atoms with Crippen molar-refractivity contribution in [2.45, 2.75) is 27.3 Å². The molecule has 1 aromatic carbocycles. The molecule has 0 bridgehead atoms. The minimum absolute atomic E-state index is 0.582. The summed E-state index contributed by atoms with van der Waals surface area (Å²) in [5.74, 6) is 1.51. The maximum Gasteiger partial charge on any atom is 0.148 e. The largest absolute Gasteiger partial charge is 0.487 e. The molecule has 0 saturated carbocycles. The predicted molar refractivity (Wildman–Crippen MR) is 88.7 cm³/mol. The fraction of sp³-hybridized carbons (Fsp3) is 0.467. The molecule has 1 N–H and O–H groups in total. The Balaban J connectivity index is 2.67. The van der Waals surface area contributed by atoms with Gasteiger partial charge >= 0.3 is 0 Å². The Morgan fingerprint density at radius 3 is 2.42 bits per heavy atom. The highest BCUT2D eigenvalue weighted by atomic mass is 79.9. The molecule has 0 fully saturated rings. The van der Waals surface area contributed by atoms with Crippen molar-refractivity contribution in [3.8, 4) is 5.75 Å². The van der Waals surface area contributed by atoms with Crippen molar-refractivity contribution in [1.82, 2.24) is 5.32 Å². The Morgan fingerprint density at radius 2 is 1.89 bits per heavy atom. The Bertz CT molecular complexity index is 407. The summed E-state index contributed by atoms with van der Waals surface area (Å²) in [6, 6.07) is 4.20. The second-order valence-corrected chi connectivity index (χ2v) is 6.50. The number of halogens is 2. The van der Waals surface area contributed by atoms with Gasteiger partial charge in [-0.25, -0.2) is 0 Å². The number of benzene rings is 1. The first kappa shape index (κ1) is 16.7. The van der Waals surface area contributed by atoms with Gasteiger partial charge in [0, 0.05) is 6.54 Å². The zero-order chi connectivity index (χ0) is 14.3. The van der Waals surface area contributed by atoms with Crippen molar-refractivity contribution in [1.29, 1.82) is 0 Å². The van der Waals surface area contributed by atoms with Crippen LogP contribution in [0.5, 0.6) is 5.75 Å². The minimum atomic E-state index is 0.582. The molecule has 4 heteroatoms. The van der Waals surface area contributed by atoms with Crippen LogP contribution in [0.3, 0.4) is 0 Å². The zero-order valence-corrected chi connectivity index (χ0v) is 14.8. The first-order valence-electron chi connectivity index (χ1n) is 6.47. The normalized spacial score (nSPS) is 11.5. The van der Waals surface area contributed by atoms with Crippen molar-refractivity contribution in [3.05, 3.63) is 38.8 Å². The van der Waals surface area contributed by atoms with Crippen LogP contribution in [-0.4, -0.2) is 13.2 Å². The molecule has 0 aromatic heterocycles. The van der Waals surface area contributed by atoms with Gasteiger partial charge in [-0.15, -0.1) is 0 Å². The minimum Gasteiger partial charge on any atom is -0.487 e. The van der Waals surface area contributed by atoms with Crippen LogP contribution in [0, 0.1) is 5.92 Å². The summed E-state index contributed by atoms with van der Waals surface area (Å²) in [7, 11) is 0. The highest BCUT2D eigenvalue weighted by molar-refractivity contribution is 9.11. The van der Waals surface area contributed by atoms with Gasteiger partial charge in [0.15, 0.2) is 0 Å². The molecule has 0 atom stereocenters. The van der Waals surface area contributed by atoms with Crippen molar-refractivity contribution < 1.29 is 4.74 Å². The second-order valence-electron chi connectivity index (χ2n) is 4.79. The third-order valence-corrected chi connectivity index (χ3v) is 3.68. The van der Waals surface area contributed by atoms with Crippen LogP contribution in [0.25, 0.3) is 0 Å². The molecule has 0 radical (unpaired) electrons. The van der Waals surface area contributed by atoms with E-state index in [1.165, 1.54) is 5.56 Å². The summed E-state index contributed by atoms with van der Waals surface area (Å²) in [6.07, 6.45) is 3.96. The lowest BCUT2D eigenvalue weighted by molar-refractivity contribution is 0.358. The van der Waals surface area contributed by atoms with E-state index in [2.05, 4.69) is 63.2 Å². The topological polar surface area (TPSA) is 21.3 Å². The van der Waals surface area contributed by atoms with Crippen molar-refractivity contribution >= 4 is 31.9 Å². The van der Waals surface area contributed by atoms with Crippen molar-refractivity contribution in [2.24, 2.45) is 5.92 Å². The number of rotatable bonds is 7. The third-order valence-electron chi connectivity index (χ3n) is 2.50. The molecule has 1 aromatic rings. The van der Waals surface area contributed by atoms with Crippen LogP contribution in [0.1, 0.15) is 26.3 Å². The van der Waals surface area contributed by atoms with Gasteiger partial charge in [-0.05, 0) is 68.9 Å². The van der Waals surface area contributed by atoms with Gasteiger partial charge in [0.25, 0.3) is 0 Å². The van der Waals surface area contributed by atoms with Crippen molar-refractivity contribution in [3.63, 3.8) is 0 Å². The van der Waals surface area contributed by atoms with Gasteiger partial charge < -0.3 is 10.1 Å². The van der Waals surface area contributed by atoms with Crippen LogP contribution < -0.4 is 10.1 Å². The molecule has 1 rings (SSSR count). The van der Waals surface area contributed by atoms with Crippen LogP contribution >= 0.6 is 31.9 Å². The van der Waals surface area contributed by atoms with Gasteiger partial charge in [-0.1, -0.05) is 26.0 Å². The maximum absolute atomic E-state index is 5.70.